The highest BCUT2D eigenvalue weighted by Crippen LogP contribution is 2.31. The first-order valence-electron chi connectivity index (χ1n) is 11.5. The van der Waals surface area contributed by atoms with Crippen LogP contribution in [0, 0.1) is 0 Å². The van der Waals surface area contributed by atoms with Crippen molar-refractivity contribution in [3.8, 4) is 39.7 Å². The Labute approximate surface area is 199 Å². The van der Waals surface area contributed by atoms with Crippen molar-refractivity contribution in [3.05, 3.63) is 71.4 Å². The molecule has 3 heterocycles. The number of ether oxygens (including phenoxy) is 2. The molecule has 2 aromatic heterocycles. The van der Waals surface area contributed by atoms with Crippen molar-refractivity contribution in [1.29, 1.82) is 0 Å². The Hall–Kier alpha value is -3.09. The van der Waals surface area contributed by atoms with Gasteiger partial charge in [0, 0.05) is 23.1 Å². The molecule has 0 atom stereocenters. The van der Waals surface area contributed by atoms with Crippen molar-refractivity contribution in [2.45, 2.75) is 19.3 Å². The SMILES string of the molecule is COc1ccc(-n2nc(-c3ccc(OCCN4CCCCC4)cc3)cc2-c2ccsc2)cc1. The monoisotopic (exact) mass is 459 g/mol. The molecule has 1 aliphatic rings. The molecule has 170 valence electrons. The number of benzene rings is 2. The molecule has 0 spiro atoms. The Kier molecular flexibility index (Phi) is 6.74. The Morgan fingerprint density at radius 3 is 2.33 bits per heavy atom. The molecule has 0 saturated carbocycles. The van der Waals surface area contributed by atoms with Gasteiger partial charge in [-0.1, -0.05) is 6.42 Å². The van der Waals surface area contributed by atoms with Crippen molar-refractivity contribution in [1.82, 2.24) is 14.7 Å². The summed E-state index contributed by atoms with van der Waals surface area (Å²) in [5.41, 5.74) is 5.24. The van der Waals surface area contributed by atoms with E-state index in [1.165, 1.54) is 32.4 Å². The van der Waals surface area contributed by atoms with Crippen LogP contribution >= 0.6 is 11.3 Å². The molecule has 0 radical (unpaired) electrons. The van der Waals surface area contributed by atoms with Crippen LogP contribution in [0.5, 0.6) is 11.5 Å². The summed E-state index contributed by atoms with van der Waals surface area (Å²) < 4.78 is 13.3. The van der Waals surface area contributed by atoms with Crippen LogP contribution in [0.2, 0.25) is 0 Å². The van der Waals surface area contributed by atoms with Gasteiger partial charge in [-0.25, -0.2) is 4.68 Å². The van der Waals surface area contributed by atoms with Crippen molar-refractivity contribution in [2.75, 3.05) is 33.4 Å². The second-order valence-electron chi connectivity index (χ2n) is 8.31. The minimum atomic E-state index is 0.730. The Morgan fingerprint density at radius 1 is 0.879 bits per heavy atom. The summed E-state index contributed by atoms with van der Waals surface area (Å²) in [5.74, 6) is 1.74. The van der Waals surface area contributed by atoms with E-state index >= 15 is 0 Å². The lowest BCUT2D eigenvalue weighted by atomic mass is 10.1. The van der Waals surface area contributed by atoms with Gasteiger partial charge in [-0.15, -0.1) is 0 Å². The summed E-state index contributed by atoms with van der Waals surface area (Å²) in [4.78, 5) is 2.50. The minimum absolute atomic E-state index is 0.730. The fourth-order valence-corrected chi connectivity index (χ4v) is 4.91. The van der Waals surface area contributed by atoms with Crippen molar-refractivity contribution in [3.63, 3.8) is 0 Å². The molecule has 2 aromatic carbocycles. The average molecular weight is 460 g/mol. The maximum absolute atomic E-state index is 6.00. The molecule has 0 amide bonds. The van der Waals surface area contributed by atoms with E-state index in [0.29, 0.717) is 0 Å². The van der Waals surface area contributed by atoms with Gasteiger partial charge in [-0.2, -0.15) is 16.4 Å². The molecular weight excluding hydrogens is 430 g/mol. The lowest BCUT2D eigenvalue weighted by molar-refractivity contribution is 0.183. The van der Waals surface area contributed by atoms with Gasteiger partial charge in [-0.05, 0) is 92.0 Å². The maximum atomic E-state index is 6.00. The molecule has 4 aromatic rings. The third kappa shape index (κ3) is 5.13. The highest BCUT2D eigenvalue weighted by molar-refractivity contribution is 7.08. The number of hydrogen-bond acceptors (Lipinski definition) is 5. The van der Waals surface area contributed by atoms with Crippen LogP contribution < -0.4 is 9.47 Å². The van der Waals surface area contributed by atoms with Crippen LogP contribution in [-0.2, 0) is 0 Å². The van der Waals surface area contributed by atoms with Crippen molar-refractivity contribution in [2.24, 2.45) is 0 Å². The van der Waals surface area contributed by atoms with Crippen LogP contribution in [-0.4, -0.2) is 48.0 Å². The van der Waals surface area contributed by atoms with Crippen LogP contribution in [0.1, 0.15) is 19.3 Å². The molecular formula is C27H29N3O2S. The van der Waals surface area contributed by atoms with E-state index in [1.807, 2.05) is 41.1 Å². The third-order valence-corrected chi connectivity index (χ3v) is 6.80. The Bertz CT molecular complexity index is 1150. The number of hydrogen-bond donors (Lipinski definition) is 0. The fraction of sp³-hybridized carbons (Fsp3) is 0.296. The van der Waals surface area contributed by atoms with Gasteiger partial charge in [0.25, 0.3) is 0 Å². The third-order valence-electron chi connectivity index (χ3n) is 6.12. The zero-order valence-electron chi connectivity index (χ0n) is 18.9. The summed E-state index contributed by atoms with van der Waals surface area (Å²) in [7, 11) is 1.68. The van der Waals surface area contributed by atoms with Gasteiger partial charge < -0.3 is 9.47 Å². The van der Waals surface area contributed by atoms with Crippen molar-refractivity contribution >= 4 is 11.3 Å². The molecule has 1 fully saturated rings. The van der Waals surface area contributed by atoms with E-state index in [2.05, 4.69) is 39.9 Å². The summed E-state index contributed by atoms with van der Waals surface area (Å²) in [5, 5.41) is 9.19. The molecule has 1 aliphatic heterocycles. The van der Waals surface area contributed by atoms with Gasteiger partial charge >= 0.3 is 0 Å². The van der Waals surface area contributed by atoms with Gasteiger partial charge in [0.2, 0.25) is 0 Å². The Balaban J connectivity index is 1.34. The van der Waals surface area contributed by atoms with Crippen LogP contribution in [0.4, 0.5) is 0 Å². The number of nitrogens with zero attached hydrogens (tertiary/aromatic N) is 3. The molecule has 0 N–H and O–H groups in total. The van der Waals surface area contributed by atoms with Gasteiger partial charge in [0.05, 0.1) is 24.2 Å². The number of likely N-dealkylation sites (tertiary alicyclic amines) is 1. The normalized spacial score (nSPS) is 14.3. The predicted molar refractivity (Wildman–Crippen MR) is 135 cm³/mol. The summed E-state index contributed by atoms with van der Waals surface area (Å²) >= 11 is 1.69. The zero-order chi connectivity index (χ0) is 22.5. The van der Waals surface area contributed by atoms with Gasteiger partial charge in [0.15, 0.2) is 0 Å². The molecule has 33 heavy (non-hydrogen) atoms. The van der Waals surface area contributed by atoms with E-state index in [9.17, 15) is 0 Å². The average Bonchev–Trinajstić information content (AvgIpc) is 3.56. The molecule has 5 rings (SSSR count). The summed E-state index contributed by atoms with van der Waals surface area (Å²) in [6.45, 7) is 4.13. The molecule has 0 aliphatic carbocycles. The first kappa shape index (κ1) is 21.7. The number of aromatic nitrogens is 2. The molecule has 0 unspecified atom stereocenters. The number of thiophene rings is 1. The predicted octanol–water partition coefficient (Wildman–Crippen LogP) is 6.14. The molecule has 0 bridgehead atoms. The number of piperidine rings is 1. The second-order valence-corrected chi connectivity index (χ2v) is 9.09. The fourth-order valence-electron chi connectivity index (χ4n) is 4.26. The lowest BCUT2D eigenvalue weighted by Crippen LogP contribution is -2.33. The van der Waals surface area contributed by atoms with E-state index < -0.39 is 0 Å². The summed E-state index contributed by atoms with van der Waals surface area (Å²) in [6, 6.07) is 20.5. The minimum Gasteiger partial charge on any atom is -0.497 e. The first-order valence-corrected chi connectivity index (χ1v) is 12.5. The smallest absolute Gasteiger partial charge is 0.119 e. The Morgan fingerprint density at radius 2 is 1.64 bits per heavy atom. The highest BCUT2D eigenvalue weighted by atomic mass is 32.1. The lowest BCUT2D eigenvalue weighted by Gasteiger charge is -2.26. The standard InChI is InChI=1S/C27H29N3O2S/c1-31-24-11-7-23(8-12-24)30-27(22-13-18-33-20-22)19-26(28-30)21-5-9-25(10-6-21)32-17-16-29-14-3-2-4-15-29/h5-13,18-20H,2-4,14-17H2,1H3. The largest absolute Gasteiger partial charge is 0.497 e. The summed E-state index contributed by atoms with van der Waals surface area (Å²) in [6.07, 6.45) is 3.98. The second kappa shape index (κ2) is 10.2. The number of methoxy groups -OCH3 is 1. The molecule has 1 saturated heterocycles. The first-order chi connectivity index (χ1) is 16.3. The van der Waals surface area contributed by atoms with Gasteiger partial charge in [0.1, 0.15) is 18.1 Å². The number of rotatable bonds is 8. The zero-order valence-corrected chi connectivity index (χ0v) is 19.8. The highest BCUT2D eigenvalue weighted by Gasteiger charge is 2.14. The van der Waals surface area contributed by atoms with E-state index in [-0.39, 0.29) is 0 Å². The van der Waals surface area contributed by atoms with E-state index in [1.54, 1.807) is 18.4 Å². The van der Waals surface area contributed by atoms with Crippen LogP contribution in [0.3, 0.4) is 0 Å². The topological polar surface area (TPSA) is 39.5 Å². The quantitative estimate of drug-likeness (QED) is 0.317. The van der Waals surface area contributed by atoms with Crippen LogP contribution in [0.15, 0.2) is 71.4 Å². The maximum Gasteiger partial charge on any atom is 0.119 e. The van der Waals surface area contributed by atoms with Crippen molar-refractivity contribution < 1.29 is 9.47 Å². The van der Waals surface area contributed by atoms with E-state index in [0.717, 1.165) is 52.9 Å². The molecule has 6 heteroatoms. The van der Waals surface area contributed by atoms with E-state index in [4.69, 9.17) is 14.6 Å². The van der Waals surface area contributed by atoms with Gasteiger partial charge in [-0.3, -0.25) is 4.90 Å². The van der Waals surface area contributed by atoms with Crippen LogP contribution in [0.25, 0.3) is 28.2 Å². The molecule has 5 nitrogen and oxygen atoms in total.